The summed E-state index contributed by atoms with van der Waals surface area (Å²) in [5, 5.41) is 2.88. The Morgan fingerprint density at radius 3 is 2.61 bits per heavy atom. The second-order valence-electron chi connectivity index (χ2n) is 6.57. The molecular formula is C22H24N2O4. The maximum absolute atomic E-state index is 12.4. The second-order valence-corrected chi connectivity index (χ2v) is 6.57. The van der Waals surface area contributed by atoms with Gasteiger partial charge in [-0.25, -0.2) is 4.99 Å². The van der Waals surface area contributed by atoms with E-state index >= 15 is 0 Å². The highest BCUT2D eigenvalue weighted by Gasteiger charge is 2.32. The number of fused-ring (bicyclic) bond motifs is 1. The van der Waals surface area contributed by atoms with Crippen LogP contribution in [0.4, 0.5) is 0 Å². The summed E-state index contributed by atoms with van der Waals surface area (Å²) in [7, 11) is 3.14. The number of carbonyl (C=O) groups is 2. The topological polar surface area (TPSA) is 77.0 Å². The maximum Gasteiger partial charge on any atom is 0.273 e. The summed E-state index contributed by atoms with van der Waals surface area (Å²) in [4.78, 5) is 28.6. The van der Waals surface area contributed by atoms with Crippen LogP contribution in [0.5, 0.6) is 0 Å². The van der Waals surface area contributed by atoms with Crippen LogP contribution in [-0.4, -0.2) is 38.3 Å². The summed E-state index contributed by atoms with van der Waals surface area (Å²) in [6.45, 7) is 0.391. The van der Waals surface area contributed by atoms with Gasteiger partial charge in [-0.3, -0.25) is 9.59 Å². The minimum Gasteiger partial charge on any atom is -0.500 e. The van der Waals surface area contributed by atoms with Gasteiger partial charge in [-0.15, -0.1) is 0 Å². The van der Waals surface area contributed by atoms with Crippen LogP contribution in [0.2, 0.25) is 0 Å². The standard InChI is InChI=1S/C22H24N2O4/c1-27-18-9-10-19(28-2)21-17(18)14-16(22(26)24-21)12-13-23-20(25)11-8-15-6-4-3-5-7-15/h3-7,9-10,14,17H,8,11-13H2,1-2H3,(H,23,25). The lowest BCUT2D eigenvalue weighted by Gasteiger charge is -2.26. The van der Waals surface area contributed by atoms with E-state index in [1.807, 2.05) is 42.5 Å². The van der Waals surface area contributed by atoms with Gasteiger partial charge in [-0.05, 0) is 30.6 Å². The van der Waals surface area contributed by atoms with Crippen molar-refractivity contribution < 1.29 is 19.1 Å². The van der Waals surface area contributed by atoms with Crippen molar-refractivity contribution in [2.45, 2.75) is 19.3 Å². The molecule has 1 unspecified atom stereocenters. The number of allylic oxidation sites excluding steroid dienone is 4. The van der Waals surface area contributed by atoms with E-state index in [1.54, 1.807) is 20.3 Å². The predicted octanol–water partition coefficient (Wildman–Crippen LogP) is 2.72. The molecule has 1 aliphatic carbocycles. The third-order valence-corrected chi connectivity index (χ3v) is 4.77. The van der Waals surface area contributed by atoms with Crippen molar-refractivity contribution in [3.63, 3.8) is 0 Å². The molecule has 1 atom stereocenters. The zero-order valence-corrected chi connectivity index (χ0v) is 16.1. The molecule has 0 bridgehead atoms. The van der Waals surface area contributed by atoms with Gasteiger partial charge in [0, 0.05) is 18.5 Å². The number of methoxy groups -OCH3 is 2. The lowest BCUT2D eigenvalue weighted by molar-refractivity contribution is -0.121. The molecule has 1 heterocycles. The number of ether oxygens (including phenoxy) is 2. The van der Waals surface area contributed by atoms with Crippen molar-refractivity contribution in [2.75, 3.05) is 20.8 Å². The van der Waals surface area contributed by atoms with E-state index in [-0.39, 0.29) is 17.7 Å². The van der Waals surface area contributed by atoms with Crippen LogP contribution in [0, 0.1) is 5.92 Å². The predicted molar refractivity (Wildman–Crippen MR) is 107 cm³/mol. The van der Waals surface area contributed by atoms with E-state index in [2.05, 4.69) is 10.3 Å². The average molecular weight is 380 g/mol. The minimum absolute atomic E-state index is 0.0309. The van der Waals surface area contributed by atoms with Crippen LogP contribution in [-0.2, 0) is 25.5 Å². The van der Waals surface area contributed by atoms with E-state index in [9.17, 15) is 9.59 Å². The number of hydrogen-bond acceptors (Lipinski definition) is 4. The van der Waals surface area contributed by atoms with Crippen molar-refractivity contribution >= 4 is 17.5 Å². The molecule has 0 saturated carbocycles. The number of rotatable bonds is 8. The molecule has 28 heavy (non-hydrogen) atoms. The molecule has 1 N–H and O–H groups in total. The molecule has 0 radical (unpaired) electrons. The summed E-state index contributed by atoms with van der Waals surface area (Å²) >= 11 is 0. The summed E-state index contributed by atoms with van der Waals surface area (Å²) in [6.07, 6.45) is 6.94. The average Bonchev–Trinajstić information content (AvgIpc) is 2.72. The van der Waals surface area contributed by atoms with Crippen LogP contribution in [0.3, 0.4) is 0 Å². The van der Waals surface area contributed by atoms with Gasteiger partial charge in [0.2, 0.25) is 5.91 Å². The zero-order chi connectivity index (χ0) is 19.9. The molecular weight excluding hydrogens is 356 g/mol. The van der Waals surface area contributed by atoms with Gasteiger partial charge in [0.1, 0.15) is 17.2 Å². The Balaban J connectivity index is 1.54. The first kappa shape index (κ1) is 19.6. The molecule has 1 aromatic rings. The molecule has 2 amide bonds. The van der Waals surface area contributed by atoms with Gasteiger partial charge >= 0.3 is 0 Å². The fourth-order valence-electron chi connectivity index (χ4n) is 3.26. The molecule has 3 rings (SSSR count). The largest absolute Gasteiger partial charge is 0.500 e. The molecule has 6 heteroatoms. The number of nitrogens with zero attached hydrogens (tertiary/aromatic N) is 1. The SMILES string of the molecule is COC1=CC=C(OC)C2C=C(CCNC(=O)CCc3ccccc3)C(=O)N=C12. The summed E-state index contributed by atoms with van der Waals surface area (Å²) in [5.74, 6) is 0.688. The molecule has 6 nitrogen and oxygen atoms in total. The minimum atomic E-state index is -0.301. The van der Waals surface area contributed by atoms with E-state index < -0.39 is 0 Å². The van der Waals surface area contributed by atoms with Crippen LogP contribution in [0.15, 0.2) is 70.6 Å². The Labute approximate surface area is 164 Å². The third kappa shape index (κ3) is 4.57. The number of dihydropyridines is 1. The van der Waals surface area contributed by atoms with E-state index in [4.69, 9.17) is 9.47 Å². The number of amides is 2. The first-order valence-electron chi connectivity index (χ1n) is 9.27. The highest BCUT2D eigenvalue weighted by molar-refractivity contribution is 6.15. The number of carbonyl (C=O) groups excluding carboxylic acids is 2. The van der Waals surface area contributed by atoms with Gasteiger partial charge in [0.15, 0.2) is 0 Å². The molecule has 1 aliphatic heterocycles. The molecule has 146 valence electrons. The Morgan fingerprint density at radius 1 is 1.11 bits per heavy atom. The maximum atomic E-state index is 12.4. The quantitative estimate of drug-likeness (QED) is 0.752. The number of hydrogen-bond donors (Lipinski definition) is 1. The number of benzene rings is 1. The Kier molecular flexibility index (Phi) is 6.42. The molecule has 0 aromatic heterocycles. The van der Waals surface area contributed by atoms with E-state index in [1.165, 1.54) is 0 Å². The molecule has 0 spiro atoms. The summed E-state index contributed by atoms with van der Waals surface area (Å²) in [5.41, 5.74) is 2.25. The van der Waals surface area contributed by atoms with Crippen molar-refractivity contribution in [3.8, 4) is 0 Å². The second kappa shape index (κ2) is 9.17. The van der Waals surface area contributed by atoms with Crippen LogP contribution < -0.4 is 5.32 Å². The summed E-state index contributed by atoms with van der Waals surface area (Å²) in [6, 6.07) is 9.88. The fraction of sp³-hybridized carbons (Fsp3) is 0.318. The van der Waals surface area contributed by atoms with Crippen molar-refractivity contribution in [3.05, 3.63) is 71.2 Å². The van der Waals surface area contributed by atoms with E-state index in [0.29, 0.717) is 48.6 Å². The number of nitrogens with one attached hydrogen (secondary N) is 1. The monoisotopic (exact) mass is 380 g/mol. The van der Waals surface area contributed by atoms with Gasteiger partial charge in [0.25, 0.3) is 5.91 Å². The lowest BCUT2D eigenvalue weighted by atomic mass is 9.89. The summed E-state index contributed by atoms with van der Waals surface area (Å²) < 4.78 is 10.7. The van der Waals surface area contributed by atoms with Gasteiger partial charge in [-0.2, -0.15) is 0 Å². The Hall–Kier alpha value is -3.15. The Bertz CT molecular complexity index is 866. The third-order valence-electron chi connectivity index (χ3n) is 4.77. The molecule has 1 aromatic carbocycles. The van der Waals surface area contributed by atoms with Crippen molar-refractivity contribution in [2.24, 2.45) is 10.9 Å². The highest BCUT2D eigenvalue weighted by atomic mass is 16.5. The first-order valence-corrected chi connectivity index (χ1v) is 9.27. The van der Waals surface area contributed by atoms with Gasteiger partial charge < -0.3 is 14.8 Å². The fourth-order valence-corrected chi connectivity index (χ4v) is 3.26. The zero-order valence-electron chi connectivity index (χ0n) is 16.1. The van der Waals surface area contributed by atoms with Crippen molar-refractivity contribution in [1.82, 2.24) is 5.32 Å². The van der Waals surface area contributed by atoms with Crippen LogP contribution >= 0.6 is 0 Å². The van der Waals surface area contributed by atoms with Gasteiger partial charge in [-0.1, -0.05) is 36.4 Å². The normalized spacial score (nSPS) is 18.2. The molecule has 2 aliphatic rings. The first-order chi connectivity index (χ1) is 13.6. The molecule has 0 saturated heterocycles. The Morgan fingerprint density at radius 2 is 1.89 bits per heavy atom. The lowest BCUT2D eigenvalue weighted by Crippen LogP contribution is -2.30. The smallest absolute Gasteiger partial charge is 0.273 e. The van der Waals surface area contributed by atoms with Crippen LogP contribution in [0.1, 0.15) is 18.4 Å². The van der Waals surface area contributed by atoms with E-state index in [0.717, 1.165) is 5.56 Å². The van der Waals surface area contributed by atoms with Crippen molar-refractivity contribution in [1.29, 1.82) is 0 Å². The number of aliphatic imine (C=N–C) groups is 1. The molecule has 0 fully saturated rings. The number of aryl methyl sites for hydroxylation is 1. The highest BCUT2D eigenvalue weighted by Crippen LogP contribution is 2.30. The van der Waals surface area contributed by atoms with Crippen LogP contribution in [0.25, 0.3) is 0 Å². The van der Waals surface area contributed by atoms with Gasteiger partial charge in [0.05, 0.1) is 20.1 Å².